The Bertz CT molecular complexity index is 2150. The Balaban J connectivity index is 1.42. The van der Waals surface area contributed by atoms with Gasteiger partial charge in [-0.3, -0.25) is 4.79 Å². The fourth-order valence-electron chi connectivity index (χ4n) is 9.00. The number of rotatable bonds is 15. The zero-order valence-electron chi connectivity index (χ0n) is 33.2. The first-order valence-corrected chi connectivity index (χ1v) is 20.2. The highest BCUT2D eigenvalue weighted by Crippen LogP contribution is 2.48. The van der Waals surface area contributed by atoms with E-state index in [2.05, 4.69) is 52.9 Å². The van der Waals surface area contributed by atoms with Crippen LogP contribution in [0.15, 0.2) is 24.3 Å². The van der Waals surface area contributed by atoms with Crippen molar-refractivity contribution in [3.63, 3.8) is 0 Å². The summed E-state index contributed by atoms with van der Waals surface area (Å²) in [6.45, 7) is 13.8. The number of hydrogen-bond donors (Lipinski definition) is 1. The number of ether oxygens (including phenoxy) is 3. The summed E-state index contributed by atoms with van der Waals surface area (Å²) in [6.07, 6.45) is 8.49. The molecule has 0 saturated heterocycles. The molecule has 3 aromatic carbocycles. The number of nitrogens with one attached hydrogen (secondary N) is 1. The number of fused-ring (bicyclic) bond motifs is 4. The molecule has 302 valence electrons. The predicted octanol–water partition coefficient (Wildman–Crippen LogP) is 7.77. The van der Waals surface area contributed by atoms with Crippen molar-refractivity contribution >= 4 is 35.1 Å². The predicted molar refractivity (Wildman–Crippen MR) is 209 cm³/mol. The summed E-state index contributed by atoms with van der Waals surface area (Å²) in [6, 6.07) is 7.41. The molecule has 1 heterocycles. The molecule has 6 rings (SSSR count). The summed E-state index contributed by atoms with van der Waals surface area (Å²) in [5.41, 5.74) is -0.209. The lowest BCUT2D eigenvalue weighted by Gasteiger charge is -2.37. The number of hydrogen-bond acceptors (Lipinski definition) is 6. The van der Waals surface area contributed by atoms with Crippen molar-refractivity contribution < 1.29 is 42.1 Å². The molecule has 2 atom stereocenters. The molecule has 1 aliphatic heterocycles. The number of unbranched alkanes of at least 4 members (excludes halogenated alkanes) is 3. The van der Waals surface area contributed by atoms with Crippen LogP contribution in [0.2, 0.25) is 0 Å². The number of benzene rings is 3. The van der Waals surface area contributed by atoms with Crippen LogP contribution in [0, 0.1) is 28.3 Å². The van der Waals surface area contributed by atoms with Gasteiger partial charge >= 0.3 is 0 Å². The van der Waals surface area contributed by atoms with Crippen LogP contribution in [0.25, 0.3) is 11.6 Å². The van der Waals surface area contributed by atoms with Crippen LogP contribution in [-0.2, 0) is 15.9 Å². The van der Waals surface area contributed by atoms with Crippen molar-refractivity contribution in [2.45, 2.75) is 98.3 Å². The largest absolute Gasteiger partial charge is 0.545 e. The minimum absolute atomic E-state index is 0.00487. The first-order chi connectivity index (χ1) is 26.5. The number of carboxylic acid groups (broad SMARTS) is 1. The fourth-order valence-corrected chi connectivity index (χ4v) is 9.19. The van der Waals surface area contributed by atoms with E-state index in [1.54, 1.807) is 0 Å². The summed E-state index contributed by atoms with van der Waals surface area (Å²) in [7, 11) is 0. The standard InChI is InChI=1S/C45H53ClF3NO6/c1-25-21-44(3,4)23-27-17-33-31(19-29(25)27)35(32-20-30-26(2)22-45(5,6)24-28(30)18-34(32)56-33)36-37(43(52)53)40(48)41(49)38(39(36)47)42(51)50-12-14-55-16-15-54-13-10-8-7-9-11-46/h17-20,23,25-26H,7-16,21-22,24H2,1-6H3,(H,50,51)(H,52,53)/p-1. The highest BCUT2D eigenvalue weighted by Gasteiger charge is 2.37. The van der Waals surface area contributed by atoms with Crippen molar-refractivity contribution in [3.05, 3.63) is 91.1 Å². The average molecular weight is 795 g/mol. The van der Waals surface area contributed by atoms with Crippen molar-refractivity contribution in [1.29, 1.82) is 0 Å². The molecular weight excluding hydrogens is 743 g/mol. The zero-order valence-corrected chi connectivity index (χ0v) is 34.0. The Morgan fingerprint density at radius 3 is 2.23 bits per heavy atom. The van der Waals surface area contributed by atoms with Gasteiger partial charge in [-0.25, -0.2) is 13.2 Å². The Morgan fingerprint density at radius 2 is 1.52 bits per heavy atom. The van der Waals surface area contributed by atoms with Gasteiger partial charge in [0, 0.05) is 46.5 Å². The molecule has 3 aromatic rings. The van der Waals surface area contributed by atoms with Crippen LogP contribution in [0.3, 0.4) is 0 Å². The van der Waals surface area contributed by atoms with E-state index in [1.165, 1.54) is 0 Å². The van der Waals surface area contributed by atoms with E-state index < -0.39 is 46.0 Å². The highest BCUT2D eigenvalue weighted by molar-refractivity contribution is 6.17. The lowest BCUT2D eigenvalue weighted by Crippen LogP contribution is -2.34. The molecule has 0 bridgehead atoms. The van der Waals surface area contributed by atoms with Gasteiger partial charge in [0.25, 0.3) is 5.91 Å². The molecule has 0 saturated carbocycles. The van der Waals surface area contributed by atoms with Gasteiger partial charge < -0.3 is 29.4 Å². The van der Waals surface area contributed by atoms with Gasteiger partial charge in [-0.2, -0.15) is 0 Å². The van der Waals surface area contributed by atoms with Crippen LogP contribution in [0.5, 0.6) is 11.5 Å². The van der Waals surface area contributed by atoms with Gasteiger partial charge in [-0.05, 0) is 101 Å². The molecule has 0 fully saturated rings. The number of carboxylic acids is 1. The maximum absolute atomic E-state index is 17.2. The number of alkyl halides is 1. The maximum atomic E-state index is 17.2. The lowest BCUT2D eigenvalue weighted by atomic mass is 9.69. The van der Waals surface area contributed by atoms with Gasteiger partial charge in [0.2, 0.25) is 0 Å². The minimum atomic E-state index is -2.12. The summed E-state index contributed by atoms with van der Waals surface area (Å²) in [4.78, 5) is 26.2. The van der Waals surface area contributed by atoms with E-state index in [9.17, 15) is 14.7 Å². The second-order valence-corrected chi connectivity index (χ2v) is 17.5. The molecular formula is C45H52ClF3NO6-. The molecule has 7 nitrogen and oxygen atoms in total. The monoisotopic (exact) mass is 794 g/mol. The fraction of sp³-hybridized carbons (Fsp3) is 0.511. The number of halogens is 4. The van der Waals surface area contributed by atoms with E-state index in [0.717, 1.165) is 66.9 Å². The molecule has 0 spiro atoms. The van der Waals surface area contributed by atoms with Gasteiger partial charge in [0.1, 0.15) is 22.9 Å². The highest BCUT2D eigenvalue weighted by atomic mass is 35.5. The molecule has 1 N–H and O–H groups in total. The van der Waals surface area contributed by atoms with E-state index in [0.29, 0.717) is 41.4 Å². The molecule has 11 heteroatoms. The molecule has 2 unspecified atom stereocenters. The van der Waals surface area contributed by atoms with Gasteiger partial charge in [0.05, 0.1) is 25.8 Å². The quantitative estimate of drug-likeness (QED) is 0.0751. The van der Waals surface area contributed by atoms with Crippen LogP contribution < -0.4 is 25.6 Å². The average Bonchev–Trinajstić information content (AvgIpc) is 3.10. The lowest BCUT2D eigenvalue weighted by molar-refractivity contribution is -0.255. The third-order valence-electron chi connectivity index (χ3n) is 11.2. The van der Waals surface area contributed by atoms with Crippen LogP contribution in [0.1, 0.15) is 140 Å². The first kappa shape index (κ1) is 41.8. The smallest absolute Gasteiger partial charge is 0.257 e. The normalized spacial score (nSPS) is 18.9. The van der Waals surface area contributed by atoms with Crippen molar-refractivity contribution in [2.24, 2.45) is 10.8 Å². The Hall–Kier alpha value is -3.86. The number of carbonyl (C=O) groups excluding carboxylic acids is 2. The zero-order chi connectivity index (χ0) is 40.5. The Kier molecular flexibility index (Phi) is 12.6. The SMILES string of the molecule is CC1CC(C)(C)Cc2cc3c(cc21)C(c1c(F)c(C(=O)NCCOCCOCCCCCCCl)c(F)c(F)c1C(=O)[O-])=c1cc2c(cc1O3)=CC(C)(C)CC2C. The van der Waals surface area contributed by atoms with Crippen molar-refractivity contribution in [2.75, 3.05) is 38.9 Å². The maximum Gasteiger partial charge on any atom is 0.257 e. The van der Waals surface area contributed by atoms with Crippen LogP contribution >= 0.6 is 11.6 Å². The summed E-state index contributed by atoms with van der Waals surface area (Å²) >= 11 is 5.69. The van der Waals surface area contributed by atoms with Gasteiger partial charge in [-0.15, -0.1) is 11.6 Å². The van der Waals surface area contributed by atoms with Crippen molar-refractivity contribution in [1.82, 2.24) is 5.32 Å². The molecule has 1 amide bonds. The first-order valence-electron chi connectivity index (χ1n) is 19.7. The molecule has 56 heavy (non-hydrogen) atoms. The third-order valence-corrected chi connectivity index (χ3v) is 11.5. The van der Waals surface area contributed by atoms with E-state index in [1.807, 2.05) is 24.3 Å². The molecule has 3 aliphatic rings. The van der Waals surface area contributed by atoms with Crippen LogP contribution in [0.4, 0.5) is 13.2 Å². The minimum Gasteiger partial charge on any atom is -0.545 e. The number of amides is 1. The molecule has 0 radical (unpaired) electrons. The summed E-state index contributed by atoms with van der Waals surface area (Å²) in [5.74, 6) is -7.29. The Labute approximate surface area is 332 Å². The number of carbonyl (C=O) groups is 2. The topological polar surface area (TPSA) is 96.9 Å². The second kappa shape index (κ2) is 16.9. The Morgan fingerprint density at radius 1 is 0.839 bits per heavy atom. The van der Waals surface area contributed by atoms with Gasteiger partial charge in [-0.1, -0.05) is 60.5 Å². The van der Waals surface area contributed by atoms with Crippen LogP contribution in [-0.4, -0.2) is 50.7 Å². The number of aromatic carboxylic acids is 1. The summed E-state index contributed by atoms with van der Waals surface area (Å²) in [5, 5.41) is 16.4. The third kappa shape index (κ3) is 8.67. The summed E-state index contributed by atoms with van der Waals surface area (Å²) < 4.78 is 66.6. The molecule has 0 aromatic heterocycles. The van der Waals surface area contributed by atoms with E-state index in [4.69, 9.17) is 25.8 Å². The second-order valence-electron chi connectivity index (χ2n) is 17.1. The molecule has 2 aliphatic carbocycles. The van der Waals surface area contributed by atoms with E-state index >= 15 is 13.2 Å². The van der Waals surface area contributed by atoms with Crippen molar-refractivity contribution in [3.8, 4) is 11.5 Å². The van der Waals surface area contributed by atoms with Gasteiger partial charge in [0.15, 0.2) is 11.6 Å². The van der Waals surface area contributed by atoms with E-state index in [-0.39, 0.29) is 48.0 Å².